The molecule has 1 unspecified atom stereocenters. The summed E-state index contributed by atoms with van der Waals surface area (Å²) >= 11 is 0. The fraction of sp³-hybridized carbons (Fsp3) is 0.300. The number of carbonyl (C=O) groups is 1. The Hall–Kier alpha value is -3.63. The minimum Gasteiger partial charge on any atom is -0.444 e. The maximum atomic E-state index is 14.1. The highest BCUT2D eigenvalue weighted by atomic mass is 32.2. The predicted molar refractivity (Wildman–Crippen MR) is 155 cm³/mol. The van der Waals surface area contributed by atoms with Crippen molar-refractivity contribution in [3.63, 3.8) is 0 Å². The second-order valence-electron chi connectivity index (χ2n) is 11.2. The molecule has 1 N–H and O–H groups in total. The van der Waals surface area contributed by atoms with Crippen molar-refractivity contribution >= 4 is 36.9 Å². The monoisotopic (exact) mass is 580 g/mol. The third-order valence-corrected chi connectivity index (χ3v) is 9.85. The molecular weight excluding hydrogens is 548 g/mol. The highest BCUT2D eigenvalue weighted by Gasteiger charge is 2.31. The van der Waals surface area contributed by atoms with Gasteiger partial charge < -0.3 is 10.1 Å². The number of ether oxygens (including phenoxy) is 1. The van der Waals surface area contributed by atoms with Crippen LogP contribution in [0.3, 0.4) is 0 Å². The predicted octanol–water partition coefficient (Wildman–Crippen LogP) is 5.77. The minimum atomic E-state index is -4.02. The van der Waals surface area contributed by atoms with Crippen LogP contribution < -0.4 is 5.32 Å². The number of alkyl carbamates (subject to hydrolysis) is 1. The van der Waals surface area contributed by atoms with E-state index in [0.29, 0.717) is 29.6 Å². The Morgan fingerprint density at radius 3 is 2.15 bits per heavy atom. The molecular formula is C30H32N2O6S2. The summed E-state index contributed by atoms with van der Waals surface area (Å²) < 4.78 is 59.0. The summed E-state index contributed by atoms with van der Waals surface area (Å²) in [5, 5.41) is 3.72. The normalized spacial score (nSPS) is 15.7. The smallest absolute Gasteiger partial charge is 0.408 e. The number of benzene rings is 3. The van der Waals surface area contributed by atoms with Gasteiger partial charge in [-0.15, -0.1) is 0 Å². The molecule has 0 fully saturated rings. The maximum Gasteiger partial charge on any atom is 0.408 e. The molecule has 8 nitrogen and oxygen atoms in total. The van der Waals surface area contributed by atoms with E-state index in [1.165, 1.54) is 16.1 Å². The zero-order valence-electron chi connectivity index (χ0n) is 23.1. The largest absolute Gasteiger partial charge is 0.444 e. The van der Waals surface area contributed by atoms with E-state index in [1.54, 1.807) is 63.2 Å². The number of carbonyl (C=O) groups excluding carboxylic acids is 1. The van der Waals surface area contributed by atoms with E-state index < -0.39 is 31.6 Å². The number of hydrogen-bond acceptors (Lipinski definition) is 6. The van der Waals surface area contributed by atoms with Gasteiger partial charge in [-0.25, -0.2) is 25.6 Å². The molecule has 0 radical (unpaired) electrons. The van der Waals surface area contributed by atoms with E-state index in [9.17, 15) is 21.6 Å². The van der Waals surface area contributed by atoms with Gasteiger partial charge in [0.25, 0.3) is 10.0 Å². The van der Waals surface area contributed by atoms with Gasteiger partial charge in [-0.1, -0.05) is 35.9 Å². The van der Waals surface area contributed by atoms with Crippen molar-refractivity contribution in [1.82, 2.24) is 9.29 Å². The second-order valence-corrected chi connectivity index (χ2v) is 15.0. The number of nitrogens with one attached hydrogen (secondary N) is 1. The zero-order chi connectivity index (χ0) is 29.0. The summed E-state index contributed by atoms with van der Waals surface area (Å²) in [5.74, 6) is 0. The Morgan fingerprint density at radius 2 is 1.55 bits per heavy atom. The third-order valence-electron chi connectivity index (χ3n) is 6.98. The molecule has 4 aromatic rings. The number of aromatic nitrogens is 1. The SMILES string of the molecule is Cc1ccc(S(=O)(=O)n2c(-c3ccc(S(C)(=O)=O)cc3)cc3c4c(ccc32)C(NC(=O)OC(C)(C)C)CC4)cc1. The van der Waals surface area contributed by atoms with Crippen LogP contribution in [0.25, 0.3) is 22.2 Å². The van der Waals surface area contributed by atoms with E-state index in [0.717, 1.165) is 28.3 Å². The molecule has 1 atom stereocenters. The van der Waals surface area contributed by atoms with Crippen LogP contribution >= 0.6 is 0 Å². The number of fused-ring (bicyclic) bond motifs is 3. The number of sulfone groups is 1. The number of hydrogen-bond donors (Lipinski definition) is 1. The summed E-state index contributed by atoms with van der Waals surface area (Å²) in [6, 6.07) is 18.1. The lowest BCUT2D eigenvalue weighted by Gasteiger charge is -2.22. The molecule has 0 spiro atoms. The van der Waals surface area contributed by atoms with Crippen LogP contribution in [0.1, 0.15) is 49.9 Å². The molecule has 1 aliphatic rings. The lowest BCUT2D eigenvalue weighted by molar-refractivity contribution is 0.0503. The summed E-state index contributed by atoms with van der Waals surface area (Å²) in [4.78, 5) is 12.8. The molecule has 40 heavy (non-hydrogen) atoms. The number of aryl methyl sites for hydroxylation is 2. The Kier molecular flexibility index (Phi) is 6.82. The van der Waals surface area contributed by atoms with E-state index in [-0.39, 0.29) is 15.8 Å². The molecule has 0 saturated carbocycles. The molecule has 1 aliphatic carbocycles. The molecule has 0 aliphatic heterocycles. The van der Waals surface area contributed by atoms with Gasteiger partial charge in [0.1, 0.15) is 5.60 Å². The van der Waals surface area contributed by atoms with Gasteiger partial charge in [0.15, 0.2) is 9.84 Å². The highest BCUT2D eigenvalue weighted by Crippen LogP contribution is 2.41. The Labute approximate surface area is 235 Å². The van der Waals surface area contributed by atoms with Gasteiger partial charge in [-0.05, 0) is 93.6 Å². The lowest BCUT2D eigenvalue weighted by Crippen LogP contribution is -2.34. The van der Waals surface area contributed by atoms with E-state index in [1.807, 2.05) is 19.1 Å². The third kappa shape index (κ3) is 5.25. The Morgan fingerprint density at radius 1 is 0.925 bits per heavy atom. The zero-order valence-corrected chi connectivity index (χ0v) is 24.7. The van der Waals surface area contributed by atoms with Crippen LogP contribution in [0.4, 0.5) is 4.79 Å². The topological polar surface area (TPSA) is 112 Å². The summed E-state index contributed by atoms with van der Waals surface area (Å²) in [6.45, 7) is 7.31. The highest BCUT2D eigenvalue weighted by molar-refractivity contribution is 7.90. The first-order valence-corrected chi connectivity index (χ1v) is 16.3. The Bertz CT molecular complexity index is 1830. The van der Waals surface area contributed by atoms with Gasteiger partial charge in [0.05, 0.1) is 27.0 Å². The van der Waals surface area contributed by atoms with E-state index >= 15 is 0 Å². The van der Waals surface area contributed by atoms with E-state index in [4.69, 9.17) is 4.74 Å². The number of amides is 1. The van der Waals surface area contributed by atoms with Crippen molar-refractivity contribution in [2.24, 2.45) is 0 Å². The van der Waals surface area contributed by atoms with Crippen molar-refractivity contribution in [2.75, 3.05) is 6.26 Å². The standard InChI is InChI=1S/C30H32N2O6S2/c1-19-6-10-22(11-7-19)40(36,37)32-27-17-15-24-23(14-16-26(24)31-29(33)38-30(2,3)4)25(27)18-28(32)20-8-12-21(13-9-20)39(5,34)35/h6-13,15,17-18,26H,14,16H2,1-5H3,(H,31,33). The minimum absolute atomic E-state index is 0.148. The van der Waals surface area contributed by atoms with Crippen molar-refractivity contribution in [2.45, 2.75) is 62.0 Å². The quantitative estimate of drug-likeness (QED) is 0.321. The van der Waals surface area contributed by atoms with Crippen LogP contribution in [0, 0.1) is 6.92 Å². The van der Waals surface area contributed by atoms with Gasteiger partial charge >= 0.3 is 6.09 Å². The van der Waals surface area contributed by atoms with Crippen LogP contribution in [-0.4, -0.2) is 38.8 Å². The molecule has 0 bridgehead atoms. The van der Waals surface area contributed by atoms with Crippen LogP contribution in [0.15, 0.2) is 76.5 Å². The van der Waals surface area contributed by atoms with Gasteiger partial charge in [0, 0.05) is 11.6 Å². The van der Waals surface area contributed by atoms with Crippen molar-refractivity contribution in [3.05, 3.63) is 83.4 Å². The first-order valence-electron chi connectivity index (χ1n) is 12.9. The summed E-state index contributed by atoms with van der Waals surface area (Å²) in [5.41, 5.74) is 3.70. The fourth-order valence-electron chi connectivity index (χ4n) is 5.13. The van der Waals surface area contributed by atoms with Gasteiger partial charge in [0.2, 0.25) is 0 Å². The number of rotatable bonds is 5. The second kappa shape index (κ2) is 9.78. The van der Waals surface area contributed by atoms with Gasteiger partial charge in [-0.2, -0.15) is 0 Å². The first kappa shape index (κ1) is 27.9. The van der Waals surface area contributed by atoms with Crippen molar-refractivity contribution < 1.29 is 26.4 Å². The Balaban J connectivity index is 1.67. The van der Waals surface area contributed by atoms with Crippen molar-refractivity contribution in [3.8, 4) is 11.3 Å². The van der Waals surface area contributed by atoms with Gasteiger partial charge in [-0.3, -0.25) is 0 Å². The van der Waals surface area contributed by atoms with E-state index in [2.05, 4.69) is 5.32 Å². The summed E-state index contributed by atoms with van der Waals surface area (Å²) in [6.07, 6.45) is 1.93. The van der Waals surface area contributed by atoms with Crippen molar-refractivity contribution in [1.29, 1.82) is 0 Å². The maximum absolute atomic E-state index is 14.1. The first-order chi connectivity index (χ1) is 18.6. The summed E-state index contributed by atoms with van der Waals surface area (Å²) in [7, 11) is -7.44. The van der Waals surface area contributed by atoms with Crippen LogP contribution in [0.5, 0.6) is 0 Å². The van der Waals surface area contributed by atoms with Crippen LogP contribution in [0.2, 0.25) is 0 Å². The molecule has 1 heterocycles. The molecule has 3 aromatic carbocycles. The molecule has 1 aromatic heterocycles. The molecule has 210 valence electrons. The average Bonchev–Trinajstić information content (AvgIpc) is 3.44. The molecule has 10 heteroatoms. The molecule has 0 saturated heterocycles. The molecule has 1 amide bonds. The fourth-order valence-corrected chi connectivity index (χ4v) is 7.29. The lowest BCUT2D eigenvalue weighted by atomic mass is 10.0. The number of nitrogens with zero attached hydrogens (tertiary/aromatic N) is 1. The van der Waals surface area contributed by atoms with Crippen LogP contribution in [-0.2, 0) is 31.0 Å². The molecule has 5 rings (SSSR count). The average molecular weight is 581 g/mol.